The summed E-state index contributed by atoms with van der Waals surface area (Å²) in [6.45, 7) is 7.84. The number of benzene rings is 2. The van der Waals surface area contributed by atoms with Crippen molar-refractivity contribution in [3.63, 3.8) is 0 Å². The van der Waals surface area contributed by atoms with Crippen LogP contribution in [0.25, 0.3) is 22.2 Å². The summed E-state index contributed by atoms with van der Waals surface area (Å²) in [6, 6.07) is 15.6. The van der Waals surface area contributed by atoms with Crippen molar-refractivity contribution in [3.8, 4) is 23.1 Å². The third-order valence-corrected chi connectivity index (χ3v) is 9.77. The Morgan fingerprint density at radius 3 is 2.51 bits per heavy atom. The van der Waals surface area contributed by atoms with Crippen LogP contribution in [0.2, 0.25) is 0 Å². The molecule has 4 fully saturated rings. The van der Waals surface area contributed by atoms with Crippen LogP contribution in [0.5, 0.6) is 5.75 Å². The van der Waals surface area contributed by atoms with E-state index >= 15 is 0 Å². The number of likely N-dealkylation sites (tertiary alicyclic amines) is 1. The molecule has 2 saturated carbocycles. The normalized spacial score (nSPS) is 21.0. The first kappa shape index (κ1) is 27.7. The number of rotatable bonds is 9. The summed E-state index contributed by atoms with van der Waals surface area (Å²) in [5.41, 5.74) is 5.22. The smallest absolute Gasteiger partial charge is 0.247 e. The molecular formula is C35H36N8O2. The van der Waals surface area contributed by atoms with Crippen molar-refractivity contribution in [2.75, 3.05) is 48.8 Å². The predicted octanol–water partition coefficient (Wildman–Crippen LogP) is 5.71. The van der Waals surface area contributed by atoms with Crippen molar-refractivity contribution < 1.29 is 9.53 Å². The average molecular weight is 601 g/mol. The van der Waals surface area contributed by atoms with Gasteiger partial charge in [-0.1, -0.05) is 24.8 Å². The molecule has 2 N–H and O–H groups in total. The van der Waals surface area contributed by atoms with E-state index in [0.29, 0.717) is 52.2 Å². The minimum absolute atomic E-state index is 0.282. The summed E-state index contributed by atoms with van der Waals surface area (Å²) in [5, 5.41) is 17.4. The van der Waals surface area contributed by atoms with Crippen molar-refractivity contribution >= 4 is 39.8 Å². The monoisotopic (exact) mass is 600 g/mol. The highest BCUT2D eigenvalue weighted by atomic mass is 16.5. The quantitative estimate of drug-likeness (QED) is 0.235. The molecule has 1 amide bonds. The number of nitrogens with zero attached hydrogens (tertiary/aromatic N) is 6. The number of hydrogen-bond acceptors (Lipinski definition) is 8. The van der Waals surface area contributed by atoms with E-state index < -0.39 is 0 Å². The highest BCUT2D eigenvalue weighted by molar-refractivity contribution is 6.02. The van der Waals surface area contributed by atoms with E-state index in [4.69, 9.17) is 9.72 Å². The predicted molar refractivity (Wildman–Crippen MR) is 175 cm³/mol. The number of carbonyl (C=O) groups excluding carboxylic acids is 1. The molecule has 2 atom stereocenters. The van der Waals surface area contributed by atoms with E-state index in [2.05, 4.69) is 61.0 Å². The van der Waals surface area contributed by atoms with Gasteiger partial charge in [0, 0.05) is 67.0 Å². The molecule has 2 aliphatic heterocycles. The fraction of sp³-hybridized carbons (Fsp3) is 0.371. The van der Waals surface area contributed by atoms with Gasteiger partial charge in [-0.25, -0.2) is 9.97 Å². The van der Waals surface area contributed by atoms with Gasteiger partial charge in [0.1, 0.15) is 11.8 Å². The molecule has 228 valence electrons. The maximum absolute atomic E-state index is 12.6. The van der Waals surface area contributed by atoms with Crippen molar-refractivity contribution in [1.29, 1.82) is 5.26 Å². The zero-order valence-corrected chi connectivity index (χ0v) is 25.4. The van der Waals surface area contributed by atoms with E-state index in [0.717, 1.165) is 67.2 Å². The number of nitriles is 1. The number of aromatic nitrogens is 3. The lowest BCUT2D eigenvalue weighted by Gasteiger charge is -2.26. The molecule has 0 radical (unpaired) electrons. The number of hydrogen-bond donors (Lipinski definition) is 2. The molecule has 2 aromatic heterocycles. The number of fused-ring (bicyclic) bond motifs is 2. The molecule has 45 heavy (non-hydrogen) atoms. The molecule has 10 heteroatoms. The summed E-state index contributed by atoms with van der Waals surface area (Å²) in [5.74, 6) is 1.89. The molecule has 4 aromatic rings. The van der Waals surface area contributed by atoms with Gasteiger partial charge in [-0.3, -0.25) is 9.69 Å². The maximum atomic E-state index is 12.6. The highest BCUT2D eigenvalue weighted by Crippen LogP contribution is 2.45. The Kier molecular flexibility index (Phi) is 6.72. The van der Waals surface area contributed by atoms with Crippen LogP contribution in [0.3, 0.4) is 0 Å². The largest absolute Gasteiger partial charge is 0.494 e. The van der Waals surface area contributed by atoms with Crippen molar-refractivity contribution in [3.05, 3.63) is 67.0 Å². The van der Waals surface area contributed by atoms with E-state index in [1.54, 1.807) is 13.3 Å². The van der Waals surface area contributed by atoms with E-state index in [-0.39, 0.29) is 5.91 Å². The number of para-hydroxylation sites is 1. The van der Waals surface area contributed by atoms with Crippen molar-refractivity contribution in [2.45, 2.75) is 37.8 Å². The molecule has 4 aliphatic rings. The lowest BCUT2D eigenvalue weighted by molar-refractivity contribution is -0.111. The highest BCUT2D eigenvalue weighted by Gasteiger charge is 2.44. The maximum Gasteiger partial charge on any atom is 0.247 e. The number of anilines is 4. The molecule has 0 bridgehead atoms. The molecule has 1 unspecified atom stereocenters. The third kappa shape index (κ3) is 5.07. The van der Waals surface area contributed by atoms with Crippen LogP contribution in [0.15, 0.2) is 61.4 Å². The van der Waals surface area contributed by atoms with Crippen molar-refractivity contribution in [2.24, 2.45) is 11.8 Å². The zero-order chi connectivity index (χ0) is 30.7. The van der Waals surface area contributed by atoms with Gasteiger partial charge in [0.05, 0.1) is 41.6 Å². The molecule has 2 aliphatic carbocycles. The van der Waals surface area contributed by atoms with Gasteiger partial charge in [0.2, 0.25) is 11.9 Å². The van der Waals surface area contributed by atoms with Crippen LogP contribution in [0, 0.1) is 23.2 Å². The van der Waals surface area contributed by atoms with Crippen LogP contribution >= 0.6 is 0 Å². The van der Waals surface area contributed by atoms with Gasteiger partial charge in [-0.2, -0.15) is 5.26 Å². The second-order valence-electron chi connectivity index (χ2n) is 12.8. The van der Waals surface area contributed by atoms with Crippen LogP contribution in [0.1, 0.15) is 37.3 Å². The Labute approximate surface area is 262 Å². The fourth-order valence-electron chi connectivity index (χ4n) is 7.24. The zero-order valence-electron chi connectivity index (χ0n) is 25.4. The van der Waals surface area contributed by atoms with Crippen LogP contribution in [-0.4, -0.2) is 64.7 Å². The first-order valence-electron chi connectivity index (χ1n) is 15.8. The lowest BCUT2D eigenvalue weighted by atomic mass is 10.0. The standard InChI is InChI=1S/C35H36N8O2/c1-3-33(44)38-28-12-29(32(45-2)13-31(28)42-18-22-16-41(24-8-9-24)17-23(22)19-42)39-35-37-15-21(14-36)34(40-35)27-20-43(25-10-11-25)30-7-5-4-6-26(27)30/h3-7,12-13,15,20,22-25H,1,8-11,16-19H2,2H3,(H,38,44)(H,37,39,40)/t22-,23?/m1/s1. The molecule has 8 rings (SSSR count). The van der Waals surface area contributed by atoms with Crippen molar-refractivity contribution in [1.82, 2.24) is 19.4 Å². The number of ether oxygens (including phenoxy) is 1. The van der Waals surface area contributed by atoms with Gasteiger partial charge in [-0.15, -0.1) is 0 Å². The van der Waals surface area contributed by atoms with Gasteiger partial charge < -0.3 is 24.8 Å². The number of carbonyl (C=O) groups is 1. The average Bonchev–Trinajstić information content (AvgIpc) is 3.98. The number of amides is 1. The summed E-state index contributed by atoms with van der Waals surface area (Å²) in [6.07, 6.45) is 9.92. The Hall–Kier alpha value is -4.88. The van der Waals surface area contributed by atoms with E-state index in [9.17, 15) is 10.1 Å². The number of methoxy groups -OCH3 is 1. The molecule has 10 nitrogen and oxygen atoms in total. The van der Waals surface area contributed by atoms with Gasteiger partial charge in [0.25, 0.3) is 0 Å². The Morgan fingerprint density at radius 1 is 1.07 bits per heavy atom. The molecule has 2 aromatic carbocycles. The van der Waals surface area contributed by atoms with Crippen LogP contribution in [-0.2, 0) is 4.79 Å². The minimum atomic E-state index is -0.282. The Morgan fingerprint density at radius 2 is 1.82 bits per heavy atom. The van der Waals surface area contributed by atoms with Gasteiger partial charge in [0.15, 0.2) is 0 Å². The second-order valence-corrected chi connectivity index (χ2v) is 12.8. The Balaban J connectivity index is 1.13. The topological polar surface area (TPSA) is 111 Å². The molecule has 4 heterocycles. The fourth-order valence-corrected chi connectivity index (χ4v) is 7.24. The number of nitrogens with one attached hydrogen (secondary N) is 2. The SMILES string of the molecule is C=CC(=O)Nc1cc(Nc2ncc(C#N)c(-c3cn(C4CC4)c4ccccc34)n2)c(OC)cc1N1CC2CN(C3CC3)C[C@@H]2C1. The first-order valence-corrected chi connectivity index (χ1v) is 15.8. The van der Waals surface area contributed by atoms with E-state index in [1.807, 2.05) is 24.3 Å². The summed E-state index contributed by atoms with van der Waals surface area (Å²) < 4.78 is 8.17. The lowest BCUT2D eigenvalue weighted by Crippen LogP contribution is -2.30. The molecular weight excluding hydrogens is 564 g/mol. The first-order chi connectivity index (χ1) is 22.0. The van der Waals surface area contributed by atoms with Crippen LogP contribution in [0.4, 0.5) is 23.0 Å². The molecule has 0 spiro atoms. The van der Waals surface area contributed by atoms with Gasteiger partial charge >= 0.3 is 0 Å². The van der Waals surface area contributed by atoms with Gasteiger partial charge in [-0.05, 0) is 55.7 Å². The van der Waals surface area contributed by atoms with E-state index in [1.165, 1.54) is 18.9 Å². The summed E-state index contributed by atoms with van der Waals surface area (Å²) in [4.78, 5) is 27.0. The Bertz CT molecular complexity index is 1850. The summed E-state index contributed by atoms with van der Waals surface area (Å²) >= 11 is 0. The third-order valence-electron chi connectivity index (χ3n) is 9.77. The van der Waals surface area contributed by atoms with Crippen LogP contribution < -0.4 is 20.3 Å². The second kappa shape index (κ2) is 10.9. The summed E-state index contributed by atoms with van der Waals surface area (Å²) in [7, 11) is 1.64. The minimum Gasteiger partial charge on any atom is -0.494 e. The molecule has 2 saturated heterocycles.